The number of nitrogen functional groups attached to an aromatic ring is 2. The fraction of sp³-hybridized carbons (Fsp3) is 0.333. The Morgan fingerprint density at radius 1 is 1.12 bits per heavy atom. The smallest absolute Gasteiger partial charge is 0.332 e. The van der Waals surface area contributed by atoms with Gasteiger partial charge in [0, 0.05) is 14.1 Å². The first-order valence-electron chi connectivity index (χ1n) is 3.81. The van der Waals surface area contributed by atoms with Gasteiger partial charge in [0.05, 0.1) is 0 Å². The number of anilines is 2. The lowest BCUT2D eigenvalue weighted by atomic mass is 10.4. The zero-order valence-corrected chi connectivity index (χ0v) is 9.39. The highest BCUT2D eigenvalue weighted by molar-refractivity contribution is 7.73. The largest absolute Gasteiger partial charge is 0.391 e. The summed E-state index contributed by atoms with van der Waals surface area (Å²) in [6.07, 6.45) is 0. The maximum Gasteiger partial charge on any atom is 0.332 e. The third kappa shape index (κ3) is 3.18. The van der Waals surface area contributed by atoms with E-state index in [1.807, 2.05) is 0 Å². The Bertz CT molecular complexity index is 478. The summed E-state index contributed by atoms with van der Waals surface area (Å²) in [4.78, 5) is 22.3. The van der Waals surface area contributed by atoms with Crippen molar-refractivity contribution >= 4 is 22.9 Å². The topological polar surface area (TPSA) is 154 Å². The van der Waals surface area contributed by atoms with Crippen molar-refractivity contribution < 1.29 is 13.3 Å². The first kappa shape index (κ1) is 14.3. The van der Waals surface area contributed by atoms with Crippen LogP contribution in [0.3, 0.4) is 0 Å². The minimum atomic E-state index is -2.61. The lowest BCUT2D eigenvalue weighted by Crippen LogP contribution is -2.39. The van der Waals surface area contributed by atoms with Gasteiger partial charge in [0.1, 0.15) is 11.5 Å². The molecular formula is C6H12N4O5S. The molecule has 0 spiro atoms. The van der Waals surface area contributed by atoms with Gasteiger partial charge in [0.25, 0.3) is 16.9 Å². The number of aromatic nitrogens is 2. The van der Waals surface area contributed by atoms with Gasteiger partial charge in [-0.15, -0.1) is 0 Å². The Balaban J connectivity index is 0.000000487. The number of rotatable bonds is 0. The Kier molecular flexibility index (Phi) is 4.88. The van der Waals surface area contributed by atoms with Crippen LogP contribution >= 0.6 is 0 Å². The van der Waals surface area contributed by atoms with Gasteiger partial charge in [-0.3, -0.25) is 23.0 Å². The number of nitrogens with two attached hydrogens (primary N) is 2. The van der Waals surface area contributed by atoms with Crippen molar-refractivity contribution in [2.45, 2.75) is 0 Å². The van der Waals surface area contributed by atoms with Crippen LogP contribution in [0.2, 0.25) is 0 Å². The average molecular weight is 252 g/mol. The molecule has 10 heteroatoms. The summed E-state index contributed by atoms with van der Waals surface area (Å²) in [5.74, 6) is 0.00287. The minimum absolute atomic E-state index is 0.00287. The zero-order chi connectivity index (χ0) is 13.0. The highest BCUT2D eigenvalue weighted by Gasteiger charge is 2.08. The highest BCUT2D eigenvalue weighted by Crippen LogP contribution is 2.01. The fourth-order valence-electron chi connectivity index (χ4n) is 0.886. The monoisotopic (exact) mass is 252 g/mol. The highest BCUT2D eigenvalue weighted by atomic mass is 32.2. The fourth-order valence-corrected chi connectivity index (χ4v) is 0.886. The van der Waals surface area contributed by atoms with Crippen molar-refractivity contribution in [1.82, 2.24) is 9.13 Å². The molecule has 0 aromatic carbocycles. The van der Waals surface area contributed by atoms with Gasteiger partial charge in [-0.1, -0.05) is 0 Å². The lowest BCUT2D eigenvalue weighted by Gasteiger charge is -2.07. The van der Waals surface area contributed by atoms with Gasteiger partial charge >= 0.3 is 5.69 Å². The molecule has 1 aromatic rings. The molecular weight excluding hydrogens is 240 g/mol. The minimum Gasteiger partial charge on any atom is -0.391 e. The molecule has 0 fully saturated rings. The second kappa shape index (κ2) is 5.44. The molecule has 0 aliphatic rings. The maximum atomic E-state index is 11.2. The summed E-state index contributed by atoms with van der Waals surface area (Å²) in [5.41, 5.74) is 9.57. The van der Waals surface area contributed by atoms with E-state index in [1.165, 1.54) is 14.1 Å². The van der Waals surface area contributed by atoms with Crippen molar-refractivity contribution in [2.75, 3.05) is 11.5 Å². The zero-order valence-electron chi connectivity index (χ0n) is 8.58. The second-order valence-electron chi connectivity index (χ2n) is 2.74. The van der Waals surface area contributed by atoms with Crippen LogP contribution < -0.4 is 22.7 Å². The molecule has 0 bridgehead atoms. The molecule has 0 saturated heterocycles. The van der Waals surface area contributed by atoms with Crippen molar-refractivity contribution in [3.05, 3.63) is 20.8 Å². The van der Waals surface area contributed by atoms with Gasteiger partial charge in [-0.05, 0) is 0 Å². The molecule has 9 nitrogen and oxygen atoms in total. The van der Waals surface area contributed by atoms with E-state index in [-0.39, 0.29) is 11.5 Å². The standard InChI is InChI=1S/C6H10N4O2.H2O3S/c1-9-4(8)3(7)5(11)10(2)6(9)12;1-4(2)3/h7-8H2,1-2H3;(H2,1,2,3). The van der Waals surface area contributed by atoms with Crippen LogP contribution in [0.1, 0.15) is 0 Å². The van der Waals surface area contributed by atoms with E-state index in [0.717, 1.165) is 9.13 Å². The number of nitrogens with zero attached hydrogens (tertiary/aromatic N) is 2. The maximum absolute atomic E-state index is 11.2. The Morgan fingerprint density at radius 2 is 1.50 bits per heavy atom. The third-order valence-corrected chi connectivity index (χ3v) is 1.75. The second-order valence-corrected chi connectivity index (χ2v) is 3.20. The van der Waals surface area contributed by atoms with Gasteiger partial charge in [-0.25, -0.2) is 4.79 Å². The molecule has 6 N–H and O–H groups in total. The predicted octanol–water partition coefficient (Wildman–Crippen LogP) is -2.07. The summed E-state index contributed by atoms with van der Waals surface area (Å²) < 4.78 is 24.9. The van der Waals surface area contributed by atoms with Crippen molar-refractivity contribution in [2.24, 2.45) is 14.1 Å². The van der Waals surface area contributed by atoms with Crippen LogP contribution in [-0.2, 0) is 25.5 Å². The molecule has 0 aliphatic heterocycles. The van der Waals surface area contributed by atoms with Crippen LogP contribution in [0.15, 0.2) is 9.59 Å². The summed E-state index contributed by atoms with van der Waals surface area (Å²) in [6.45, 7) is 0. The Morgan fingerprint density at radius 3 is 1.88 bits per heavy atom. The van der Waals surface area contributed by atoms with Crippen LogP contribution in [0.4, 0.5) is 11.5 Å². The van der Waals surface area contributed by atoms with E-state index >= 15 is 0 Å². The van der Waals surface area contributed by atoms with E-state index < -0.39 is 22.6 Å². The lowest BCUT2D eigenvalue weighted by molar-refractivity contribution is 0.454. The van der Waals surface area contributed by atoms with E-state index in [2.05, 4.69) is 0 Å². The van der Waals surface area contributed by atoms with Crippen molar-refractivity contribution in [3.63, 3.8) is 0 Å². The average Bonchev–Trinajstić information content (AvgIpc) is 2.20. The molecule has 1 aromatic heterocycles. The van der Waals surface area contributed by atoms with Gasteiger partial charge in [0.15, 0.2) is 0 Å². The quantitative estimate of drug-likeness (QED) is 0.387. The van der Waals surface area contributed by atoms with Gasteiger partial charge < -0.3 is 11.5 Å². The normalized spacial score (nSPS) is 9.81. The van der Waals surface area contributed by atoms with E-state index in [0.29, 0.717) is 0 Å². The molecule has 1 rings (SSSR count). The molecule has 0 radical (unpaired) electrons. The van der Waals surface area contributed by atoms with Gasteiger partial charge in [0.2, 0.25) is 0 Å². The first-order chi connectivity index (χ1) is 7.20. The van der Waals surface area contributed by atoms with Crippen molar-refractivity contribution in [3.8, 4) is 0 Å². The summed E-state index contributed by atoms with van der Waals surface area (Å²) >= 11 is -2.61. The summed E-state index contributed by atoms with van der Waals surface area (Å²) in [6, 6.07) is 0. The van der Waals surface area contributed by atoms with E-state index in [9.17, 15) is 9.59 Å². The first-order valence-corrected chi connectivity index (χ1v) is 4.87. The van der Waals surface area contributed by atoms with Crippen LogP contribution in [-0.4, -0.2) is 22.4 Å². The molecule has 0 aliphatic carbocycles. The van der Waals surface area contributed by atoms with Gasteiger partial charge in [-0.2, -0.15) is 4.21 Å². The molecule has 16 heavy (non-hydrogen) atoms. The Labute approximate surface area is 92.4 Å². The predicted molar refractivity (Wildman–Crippen MR) is 59.1 cm³/mol. The SMILES string of the molecule is Cn1c(N)c(N)c(=O)n(C)c1=O.O=S(O)O. The third-order valence-electron chi connectivity index (χ3n) is 1.75. The van der Waals surface area contributed by atoms with E-state index in [4.69, 9.17) is 24.8 Å². The molecule has 92 valence electrons. The molecule has 0 amide bonds. The van der Waals surface area contributed by atoms with Crippen LogP contribution in [0.25, 0.3) is 0 Å². The van der Waals surface area contributed by atoms with Crippen molar-refractivity contribution in [1.29, 1.82) is 0 Å². The number of hydrogen-bond donors (Lipinski definition) is 4. The van der Waals surface area contributed by atoms with Crippen LogP contribution in [0.5, 0.6) is 0 Å². The molecule has 1 heterocycles. The Hall–Kier alpha value is -1.65. The molecule has 0 atom stereocenters. The summed E-state index contributed by atoms with van der Waals surface area (Å²) in [7, 11) is 2.80. The molecule has 0 unspecified atom stereocenters. The number of hydrogen-bond acceptors (Lipinski definition) is 5. The summed E-state index contributed by atoms with van der Waals surface area (Å²) in [5, 5.41) is 0. The molecule has 0 saturated carbocycles. The van der Waals surface area contributed by atoms with E-state index in [1.54, 1.807) is 0 Å². The van der Waals surface area contributed by atoms with Crippen LogP contribution in [0, 0.1) is 0 Å².